The second-order valence-corrected chi connectivity index (χ2v) is 5.41. The molecular formula is C14H18FN3O3. The predicted molar refractivity (Wildman–Crippen MR) is 75.4 cm³/mol. The van der Waals surface area contributed by atoms with Crippen LogP contribution >= 0.6 is 0 Å². The molecule has 2 N–H and O–H groups in total. The van der Waals surface area contributed by atoms with Gasteiger partial charge in [0.25, 0.3) is 11.6 Å². The first-order valence-corrected chi connectivity index (χ1v) is 6.87. The Morgan fingerprint density at radius 1 is 1.38 bits per heavy atom. The normalized spacial score (nSPS) is 21.9. The summed E-state index contributed by atoms with van der Waals surface area (Å²) in [6.45, 7) is 0. The topological polar surface area (TPSA) is 89.5 Å². The van der Waals surface area contributed by atoms with E-state index in [2.05, 4.69) is 0 Å². The van der Waals surface area contributed by atoms with E-state index in [1.54, 1.807) is 7.05 Å². The number of halogens is 1. The summed E-state index contributed by atoms with van der Waals surface area (Å²) in [6, 6.07) is 3.28. The lowest BCUT2D eigenvalue weighted by Crippen LogP contribution is -2.42. The lowest BCUT2D eigenvalue weighted by molar-refractivity contribution is -0.385. The molecule has 0 atom stereocenters. The fourth-order valence-electron chi connectivity index (χ4n) is 2.64. The first-order valence-electron chi connectivity index (χ1n) is 6.87. The number of rotatable bonds is 3. The lowest BCUT2D eigenvalue weighted by atomic mass is 9.90. The Bertz CT molecular complexity index is 556. The molecule has 1 saturated carbocycles. The summed E-state index contributed by atoms with van der Waals surface area (Å²) >= 11 is 0. The van der Waals surface area contributed by atoms with Gasteiger partial charge in [0, 0.05) is 25.2 Å². The Kier molecular flexibility index (Phi) is 4.52. The van der Waals surface area contributed by atoms with Crippen molar-refractivity contribution in [2.45, 2.75) is 37.8 Å². The van der Waals surface area contributed by atoms with Crippen LogP contribution < -0.4 is 5.73 Å². The molecule has 0 aliphatic heterocycles. The van der Waals surface area contributed by atoms with Crippen molar-refractivity contribution in [3.05, 3.63) is 39.7 Å². The molecule has 1 fully saturated rings. The maximum Gasteiger partial charge on any atom is 0.272 e. The second-order valence-electron chi connectivity index (χ2n) is 5.41. The van der Waals surface area contributed by atoms with Crippen LogP contribution in [0.1, 0.15) is 36.0 Å². The Morgan fingerprint density at radius 2 is 2.00 bits per heavy atom. The van der Waals surface area contributed by atoms with Crippen LogP contribution in [-0.2, 0) is 0 Å². The fraction of sp³-hybridized carbons (Fsp3) is 0.500. The van der Waals surface area contributed by atoms with Gasteiger partial charge < -0.3 is 10.6 Å². The number of nitro groups is 1. The molecule has 0 saturated heterocycles. The number of nitro benzene ring substituents is 1. The van der Waals surface area contributed by atoms with Crippen LogP contribution in [0.4, 0.5) is 10.1 Å². The molecule has 1 aliphatic rings. The summed E-state index contributed by atoms with van der Waals surface area (Å²) in [6.07, 6.45) is 3.26. The van der Waals surface area contributed by atoms with Gasteiger partial charge in [-0.05, 0) is 31.7 Å². The van der Waals surface area contributed by atoms with Crippen molar-refractivity contribution in [2.75, 3.05) is 7.05 Å². The largest absolute Gasteiger partial charge is 0.339 e. The minimum absolute atomic E-state index is 0.0342. The molecule has 1 aromatic carbocycles. The van der Waals surface area contributed by atoms with Crippen LogP contribution in [-0.4, -0.2) is 34.9 Å². The summed E-state index contributed by atoms with van der Waals surface area (Å²) in [4.78, 5) is 23.7. The standard InChI is InChI=1S/C14H18FN3O3/c1-17(10-4-2-9(16)3-5-10)14(19)12-7-6-11(18(20)21)8-13(12)15/h6-10H,2-5,16H2,1H3. The number of hydrogen-bond acceptors (Lipinski definition) is 4. The molecule has 21 heavy (non-hydrogen) atoms. The van der Waals surface area contributed by atoms with E-state index in [4.69, 9.17) is 5.73 Å². The van der Waals surface area contributed by atoms with Crippen molar-refractivity contribution in [3.8, 4) is 0 Å². The molecule has 7 heteroatoms. The van der Waals surface area contributed by atoms with Gasteiger partial charge in [-0.2, -0.15) is 0 Å². The molecule has 0 bridgehead atoms. The number of amides is 1. The molecule has 0 aromatic heterocycles. The van der Waals surface area contributed by atoms with E-state index >= 15 is 0 Å². The summed E-state index contributed by atoms with van der Waals surface area (Å²) in [5, 5.41) is 10.6. The third-order valence-corrected chi connectivity index (χ3v) is 4.00. The van der Waals surface area contributed by atoms with Crippen molar-refractivity contribution in [1.29, 1.82) is 0 Å². The molecule has 2 rings (SSSR count). The highest BCUT2D eigenvalue weighted by molar-refractivity contribution is 5.94. The van der Waals surface area contributed by atoms with Crippen LogP contribution in [0.15, 0.2) is 18.2 Å². The van der Waals surface area contributed by atoms with E-state index in [0.717, 1.165) is 37.8 Å². The third-order valence-electron chi connectivity index (χ3n) is 4.00. The molecule has 0 heterocycles. The van der Waals surface area contributed by atoms with Gasteiger partial charge in [0.05, 0.1) is 16.6 Å². The molecule has 6 nitrogen and oxygen atoms in total. The Labute approximate surface area is 121 Å². The lowest BCUT2D eigenvalue weighted by Gasteiger charge is -2.33. The number of carbonyl (C=O) groups is 1. The van der Waals surface area contributed by atoms with E-state index in [-0.39, 0.29) is 23.3 Å². The third kappa shape index (κ3) is 3.36. The predicted octanol–water partition coefficient (Wildman–Crippen LogP) is 2.08. The number of nitrogens with zero attached hydrogens (tertiary/aromatic N) is 2. The smallest absolute Gasteiger partial charge is 0.272 e. The highest BCUT2D eigenvalue weighted by Gasteiger charge is 2.27. The Morgan fingerprint density at radius 3 is 2.52 bits per heavy atom. The Balaban J connectivity index is 2.14. The van der Waals surface area contributed by atoms with Gasteiger partial charge in [-0.25, -0.2) is 4.39 Å². The maximum absolute atomic E-state index is 13.9. The van der Waals surface area contributed by atoms with Crippen molar-refractivity contribution in [1.82, 2.24) is 4.90 Å². The second kappa shape index (κ2) is 6.17. The van der Waals surface area contributed by atoms with Gasteiger partial charge in [0.1, 0.15) is 5.82 Å². The molecule has 1 aliphatic carbocycles. The molecule has 114 valence electrons. The molecule has 0 unspecified atom stereocenters. The zero-order valence-electron chi connectivity index (χ0n) is 11.8. The van der Waals surface area contributed by atoms with E-state index in [1.165, 1.54) is 11.0 Å². The maximum atomic E-state index is 13.9. The minimum Gasteiger partial charge on any atom is -0.339 e. The van der Waals surface area contributed by atoms with Crippen LogP contribution in [0.2, 0.25) is 0 Å². The van der Waals surface area contributed by atoms with Crippen LogP contribution in [0, 0.1) is 15.9 Å². The van der Waals surface area contributed by atoms with E-state index in [1.807, 2.05) is 0 Å². The van der Waals surface area contributed by atoms with Gasteiger partial charge >= 0.3 is 0 Å². The Hall–Kier alpha value is -2.02. The first kappa shape index (κ1) is 15.4. The molecule has 0 spiro atoms. The number of carbonyl (C=O) groups excluding carboxylic acids is 1. The SMILES string of the molecule is CN(C(=O)c1ccc([N+](=O)[O-])cc1F)C1CCC(N)CC1. The van der Waals surface area contributed by atoms with Gasteiger partial charge in [-0.3, -0.25) is 14.9 Å². The summed E-state index contributed by atoms with van der Waals surface area (Å²) < 4.78 is 13.9. The van der Waals surface area contributed by atoms with Crippen molar-refractivity contribution in [2.24, 2.45) is 5.73 Å². The number of hydrogen-bond donors (Lipinski definition) is 1. The van der Waals surface area contributed by atoms with Gasteiger partial charge in [0.15, 0.2) is 0 Å². The summed E-state index contributed by atoms with van der Waals surface area (Å²) in [5.74, 6) is -1.32. The van der Waals surface area contributed by atoms with Gasteiger partial charge in [0.2, 0.25) is 0 Å². The van der Waals surface area contributed by atoms with Gasteiger partial charge in [-0.1, -0.05) is 0 Å². The monoisotopic (exact) mass is 295 g/mol. The van der Waals surface area contributed by atoms with Crippen molar-refractivity contribution in [3.63, 3.8) is 0 Å². The number of benzene rings is 1. The highest BCUT2D eigenvalue weighted by atomic mass is 19.1. The number of nitrogens with two attached hydrogens (primary N) is 1. The number of non-ortho nitro benzene ring substituents is 1. The minimum atomic E-state index is -0.867. The van der Waals surface area contributed by atoms with Crippen molar-refractivity contribution >= 4 is 11.6 Å². The fourth-order valence-corrected chi connectivity index (χ4v) is 2.64. The summed E-state index contributed by atoms with van der Waals surface area (Å²) in [7, 11) is 1.63. The molecule has 0 radical (unpaired) electrons. The molecule has 1 aromatic rings. The zero-order valence-corrected chi connectivity index (χ0v) is 11.8. The van der Waals surface area contributed by atoms with Gasteiger partial charge in [-0.15, -0.1) is 0 Å². The highest BCUT2D eigenvalue weighted by Crippen LogP contribution is 2.24. The molecule has 1 amide bonds. The van der Waals surface area contributed by atoms with E-state index in [9.17, 15) is 19.3 Å². The van der Waals surface area contributed by atoms with E-state index in [0.29, 0.717) is 0 Å². The zero-order chi connectivity index (χ0) is 15.6. The first-order chi connectivity index (χ1) is 9.90. The van der Waals surface area contributed by atoms with Crippen molar-refractivity contribution < 1.29 is 14.1 Å². The van der Waals surface area contributed by atoms with Crippen LogP contribution in [0.3, 0.4) is 0 Å². The average Bonchev–Trinajstić information content (AvgIpc) is 2.46. The quantitative estimate of drug-likeness (QED) is 0.683. The van der Waals surface area contributed by atoms with Crippen LogP contribution in [0.25, 0.3) is 0 Å². The van der Waals surface area contributed by atoms with E-state index < -0.39 is 16.6 Å². The van der Waals surface area contributed by atoms with Crippen LogP contribution in [0.5, 0.6) is 0 Å². The molecular weight excluding hydrogens is 277 g/mol. The average molecular weight is 295 g/mol. The summed E-state index contributed by atoms with van der Waals surface area (Å²) in [5.41, 5.74) is 5.32.